The second kappa shape index (κ2) is 6.78. The molecule has 0 aliphatic carbocycles. The Labute approximate surface area is 113 Å². The van der Waals surface area contributed by atoms with Crippen LogP contribution in [0.4, 0.5) is 5.69 Å². The summed E-state index contributed by atoms with van der Waals surface area (Å²) in [6.45, 7) is 2.44. The zero-order valence-electron chi connectivity index (χ0n) is 11.3. The molecule has 0 aliphatic heterocycles. The van der Waals surface area contributed by atoms with Crippen LogP contribution in [0.15, 0.2) is 28.8 Å². The summed E-state index contributed by atoms with van der Waals surface area (Å²) in [4.78, 5) is 4.28. The highest BCUT2D eigenvalue weighted by Crippen LogP contribution is 2.16. The van der Waals surface area contributed by atoms with Crippen molar-refractivity contribution >= 4 is 5.69 Å². The molecular weight excluding hydrogens is 242 g/mol. The van der Waals surface area contributed by atoms with Crippen molar-refractivity contribution in [2.75, 3.05) is 12.4 Å². The minimum atomic E-state index is 0.304. The van der Waals surface area contributed by atoms with Crippen LogP contribution in [0.1, 0.15) is 31.5 Å². The van der Waals surface area contributed by atoms with E-state index in [2.05, 4.69) is 22.4 Å². The summed E-state index contributed by atoms with van der Waals surface area (Å²) in [6.07, 6.45) is 3.06. The van der Waals surface area contributed by atoms with Crippen LogP contribution >= 0.6 is 0 Å². The summed E-state index contributed by atoms with van der Waals surface area (Å²) in [7, 11) is 1.88. The largest absolute Gasteiger partial charge is 0.484 e. The molecule has 2 rings (SSSR count). The molecule has 0 atom stereocenters. The first-order valence-electron chi connectivity index (χ1n) is 6.54. The van der Waals surface area contributed by atoms with Crippen molar-refractivity contribution in [3.8, 4) is 5.75 Å². The van der Waals surface area contributed by atoms with Gasteiger partial charge in [0.05, 0.1) is 0 Å². The summed E-state index contributed by atoms with van der Waals surface area (Å²) in [5.41, 5.74) is 1.05. The predicted molar refractivity (Wildman–Crippen MR) is 73.2 cm³/mol. The van der Waals surface area contributed by atoms with Gasteiger partial charge >= 0.3 is 0 Å². The van der Waals surface area contributed by atoms with Crippen LogP contribution < -0.4 is 10.1 Å². The molecule has 0 aliphatic rings. The van der Waals surface area contributed by atoms with E-state index in [0.717, 1.165) is 36.5 Å². The van der Waals surface area contributed by atoms with Gasteiger partial charge in [-0.3, -0.25) is 0 Å². The van der Waals surface area contributed by atoms with Gasteiger partial charge in [-0.1, -0.05) is 18.5 Å². The molecule has 0 unspecified atom stereocenters. The Morgan fingerprint density at radius 1 is 1.26 bits per heavy atom. The Hall–Kier alpha value is -2.04. The van der Waals surface area contributed by atoms with Crippen molar-refractivity contribution in [1.82, 2.24) is 10.1 Å². The van der Waals surface area contributed by atoms with E-state index in [1.807, 2.05) is 31.3 Å². The zero-order chi connectivity index (χ0) is 13.5. The molecule has 2 aromatic rings. The molecule has 5 heteroatoms. The Kier molecular flexibility index (Phi) is 4.78. The van der Waals surface area contributed by atoms with Crippen molar-refractivity contribution in [3.63, 3.8) is 0 Å². The summed E-state index contributed by atoms with van der Waals surface area (Å²) < 4.78 is 10.7. The van der Waals surface area contributed by atoms with Crippen molar-refractivity contribution in [2.45, 2.75) is 32.8 Å². The van der Waals surface area contributed by atoms with E-state index in [1.165, 1.54) is 0 Å². The van der Waals surface area contributed by atoms with Crippen LogP contribution in [0.3, 0.4) is 0 Å². The van der Waals surface area contributed by atoms with E-state index in [9.17, 15) is 0 Å². The van der Waals surface area contributed by atoms with Crippen LogP contribution in [0, 0.1) is 0 Å². The molecule has 0 amide bonds. The minimum absolute atomic E-state index is 0.304. The van der Waals surface area contributed by atoms with Crippen molar-refractivity contribution in [3.05, 3.63) is 36.0 Å². The summed E-state index contributed by atoms with van der Waals surface area (Å²) in [5, 5.41) is 6.97. The number of benzene rings is 1. The number of nitrogens with zero attached hydrogens (tertiary/aromatic N) is 2. The fourth-order valence-corrected chi connectivity index (χ4v) is 1.65. The topological polar surface area (TPSA) is 60.2 Å². The minimum Gasteiger partial charge on any atom is -0.484 e. The maximum atomic E-state index is 5.59. The molecule has 0 saturated heterocycles. The SMILES string of the molecule is CCCCc1noc(COc2ccc(NC)cc2)n1. The second-order valence-electron chi connectivity index (χ2n) is 4.27. The first-order chi connectivity index (χ1) is 9.31. The molecule has 0 spiro atoms. The number of hydrogen-bond donors (Lipinski definition) is 1. The van der Waals surface area contributed by atoms with E-state index in [-0.39, 0.29) is 0 Å². The van der Waals surface area contributed by atoms with E-state index in [4.69, 9.17) is 9.26 Å². The van der Waals surface area contributed by atoms with Crippen LogP contribution in [0.5, 0.6) is 5.75 Å². The number of unbranched alkanes of at least 4 members (excludes halogenated alkanes) is 1. The lowest BCUT2D eigenvalue weighted by Gasteiger charge is -2.04. The fourth-order valence-electron chi connectivity index (χ4n) is 1.65. The summed E-state index contributed by atoms with van der Waals surface area (Å²) in [5.74, 6) is 2.06. The van der Waals surface area contributed by atoms with Gasteiger partial charge in [0.1, 0.15) is 5.75 Å². The normalized spacial score (nSPS) is 10.4. The average Bonchev–Trinajstić information content (AvgIpc) is 2.91. The highest BCUT2D eigenvalue weighted by Gasteiger charge is 2.06. The first kappa shape index (κ1) is 13.4. The standard InChI is InChI=1S/C14H19N3O2/c1-3-4-5-13-16-14(19-17-13)10-18-12-8-6-11(15-2)7-9-12/h6-9,15H,3-5,10H2,1-2H3. The Morgan fingerprint density at radius 3 is 2.74 bits per heavy atom. The molecule has 5 nitrogen and oxygen atoms in total. The third kappa shape index (κ3) is 3.98. The zero-order valence-corrected chi connectivity index (χ0v) is 11.3. The van der Waals surface area contributed by atoms with Gasteiger partial charge in [-0.25, -0.2) is 0 Å². The lowest BCUT2D eigenvalue weighted by Crippen LogP contribution is -1.96. The number of rotatable bonds is 7. The second-order valence-corrected chi connectivity index (χ2v) is 4.27. The third-order valence-corrected chi connectivity index (χ3v) is 2.77. The molecule has 0 fully saturated rings. The molecule has 102 valence electrons. The number of nitrogens with one attached hydrogen (secondary N) is 1. The number of hydrogen-bond acceptors (Lipinski definition) is 5. The number of anilines is 1. The highest BCUT2D eigenvalue weighted by atomic mass is 16.5. The molecule has 1 N–H and O–H groups in total. The van der Waals surface area contributed by atoms with Gasteiger partial charge in [-0.2, -0.15) is 4.98 Å². The van der Waals surface area contributed by atoms with Crippen molar-refractivity contribution in [2.24, 2.45) is 0 Å². The molecule has 19 heavy (non-hydrogen) atoms. The monoisotopic (exact) mass is 261 g/mol. The van der Waals surface area contributed by atoms with Gasteiger partial charge in [0, 0.05) is 19.2 Å². The van der Waals surface area contributed by atoms with Crippen molar-refractivity contribution < 1.29 is 9.26 Å². The van der Waals surface area contributed by atoms with E-state index in [1.54, 1.807) is 0 Å². The Morgan fingerprint density at radius 2 is 2.05 bits per heavy atom. The van der Waals surface area contributed by atoms with Crippen LogP contribution in [0.2, 0.25) is 0 Å². The quantitative estimate of drug-likeness (QED) is 0.830. The Bertz CT molecular complexity index is 494. The van der Waals surface area contributed by atoms with E-state index < -0.39 is 0 Å². The molecule has 0 radical (unpaired) electrons. The number of aromatic nitrogens is 2. The lowest BCUT2D eigenvalue weighted by atomic mass is 10.2. The maximum absolute atomic E-state index is 5.59. The lowest BCUT2D eigenvalue weighted by molar-refractivity contribution is 0.242. The first-order valence-corrected chi connectivity index (χ1v) is 6.54. The van der Waals surface area contributed by atoms with Gasteiger partial charge in [-0.15, -0.1) is 0 Å². The van der Waals surface area contributed by atoms with Crippen molar-refractivity contribution in [1.29, 1.82) is 0 Å². The third-order valence-electron chi connectivity index (χ3n) is 2.77. The summed E-state index contributed by atoms with van der Waals surface area (Å²) >= 11 is 0. The van der Waals surface area contributed by atoms with Gasteiger partial charge in [0.2, 0.25) is 0 Å². The molecular formula is C14H19N3O2. The molecule has 0 saturated carbocycles. The molecule has 0 bridgehead atoms. The van der Waals surface area contributed by atoms with Crippen LogP contribution in [-0.2, 0) is 13.0 Å². The number of aryl methyl sites for hydroxylation is 1. The fraction of sp³-hybridized carbons (Fsp3) is 0.429. The highest BCUT2D eigenvalue weighted by molar-refractivity contribution is 5.45. The Balaban J connectivity index is 1.85. The predicted octanol–water partition coefficient (Wildman–Crippen LogP) is 3.03. The average molecular weight is 261 g/mol. The summed E-state index contributed by atoms with van der Waals surface area (Å²) in [6, 6.07) is 7.71. The molecule has 1 heterocycles. The smallest absolute Gasteiger partial charge is 0.264 e. The van der Waals surface area contributed by atoms with Crippen LogP contribution in [0.25, 0.3) is 0 Å². The maximum Gasteiger partial charge on any atom is 0.264 e. The van der Waals surface area contributed by atoms with Gasteiger partial charge in [0.15, 0.2) is 12.4 Å². The molecule has 1 aromatic carbocycles. The van der Waals surface area contributed by atoms with E-state index in [0.29, 0.717) is 12.5 Å². The van der Waals surface area contributed by atoms with E-state index >= 15 is 0 Å². The van der Waals surface area contributed by atoms with Crippen LogP contribution in [-0.4, -0.2) is 17.2 Å². The number of ether oxygens (including phenoxy) is 1. The van der Waals surface area contributed by atoms with Gasteiger partial charge in [0.25, 0.3) is 5.89 Å². The molecule has 1 aromatic heterocycles. The van der Waals surface area contributed by atoms with Gasteiger partial charge < -0.3 is 14.6 Å². The van der Waals surface area contributed by atoms with Gasteiger partial charge in [-0.05, 0) is 30.7 Å².